The molecule has 1 aromatic carbocycles. The number of carbonyl (C=O) groups excluding carboxylic acids is 1. The van der Waals surface area contributed by atoms with E-state index in [4.69, 9.17) is 4.52 Å². The summed E-state index contributed by atoms with van der Waals surface area (Å²) in [6.07, 6.45) is 1.75. The van der Waals surface area contributed by atoms with Crippen LogP contribution in [-0.2, 0) is 19.4 Å². The van der Waals surface area contributed by atoms with Crippen molar-refractivity contribution in [2.24, 2.45) is 0 Å². The first-order valence-corrected chi connectivity index (χ1v) is 9.66. The Morgan fingerprint density at radius 3 is 2.96 bits per heavy atom. The summed E-state index contributed by atoms with van der Waals surface area (Å²) in [6, 6.07) is 12.4. The second-order valence-corrected chi connectivity index (χ2v) is 7.58. The Bertz CT molecular complexity index is 901. The van der Waals surface area contributed by atoms with Crippen molar-refractivity contribution in [2.75, 3.05) is 20.1 Å². The Balaban J connectivity index is 1.34. The number of hydrogen-bond acceptors (Lipinski definition) is 5. The first-order chi connectivity index (χ1) is 12.7. The van der Waals surface area contributed by atoms with Crippen molar-refractivity contribution in [3.63, 3.8) is 0 Å². The number of hydrogen-bond donors (Lipinski definition) is 1. The van der Waals surface area contributed by atoms with Crippen LogP contribution in [0.1, 0.15) is 26.5 Å². The van der Waals surface area contributed by atoms with Gasteiger partial charge in [0.1, 0.15) is 0 Å². The van der Waals surface area contributed by atoms with Crippen molar-refractivity contribution in [2.45, 2.75) is 19.4 Å². The first-order valence-electron chi connectivity index (χ1n) is 8.78. The molecule has 1 N–H and O–H groups in total. The van der Waals surface area contributed by atoms with Gasteiger partial charge in [0, 0.05) is 35.6 Å². The third kappa shape index (κ3) is 3.43. The minimum absolute atomic E-state index is 0.151. The lowest BCUT2D eigenvalue weighted by molar-refractivity contribution is 0.0940. The van der Waals surface area contributed by atoms with Crippen molar-refractivity contribution in [1.29, 1.82) is 0 Å². The van der Waals surface area contributed by atoms with Crippen LogP contribution in [0, 0.1) is 0 Å². The lowest BCUT2D eigenvalue weighted by atomic mass is 9.95. The standard InChI is InChI=1S/C20H21N3O2S/c1-23(13-14-5-3-2-4-6-14)11-10-21-20(24)18-16-7-8-17-15(9-12-26-17)19(16)25-22-18/h2-6,9,12H,7-8,10-11,13H2,1H3,(H,21,24). The van der Waals surface area contributed by atoms with Crippen molar-refractivity contribution in [3.8, 4) is 11.3 Å². The summed E-state index contributed by atoms with van der Waals surface area (Å²) in [5.74, 6) is 0.612. The molecule has 0 unspecified atom stereocenters. The topological polar surface area (TPSA) is 58.4 Å². The van der Waals surface area contributed by atoms with Gasteiger partial charge in [0.15, 0.2) is 11.5 Å². The van der Waals surface area contributed by atoms with Crippen molar-refractivity contribution in [3.05, 3.63) is 63.5 Å². The average Bonchev–Trinajstić information content (AvgIpc) is 3.28. The van der Waals surface area contributed by atoms with E-state index in [2.05, 4.69) is 39.9 Å². The molecule has 2 aromatic heterocycles. The smallest absolute Gasteiger partial charge is 0.273 e. The molecule has 0 radical (unpaired) electrons. The fraction of sp³-hybridized carbons (Fsp3) is 0.300. The number of carbonyl (C=O) groups is 1. The number of benzene rings is 1. The van der Waals surface area contributed by atoms with Gasteiger partial charge in [0.05, 0.1) is 0 Å². The van der Waals surface area contributed by atoms with E-state index in [1.165, 1.54) is 10.4 Å². The van der Waals surface area contributed by atoms with Crippen LogP contribution < -0.4 is 5.32 Å². The van der Waals surface area contributed by atoms with Gasteiger partial charge < -0.3 is 14.7 Å². The summed E-state index contributed by atoms with van der Waals surface area (Å²) in [7, 11) is 2.05. The molecule has 2 heterocycles. The Morgan fingerprint density at radius 2 is 2.12 bits per heavy atom. The number of fused-ring (bicyclic) bond motifs is 3. The number of rotatable bonds is 6. The summed E-state index contributed by atoms with van der Waals surface area (Å²) in [5, 5.41) is 9.07. The molecule has 1 aliphatic rings. The predicted octanol–water partition coefficient (Wildman–Crippen LogP) is 3.36. The lowest BCUT2D eigenvalue weighted by Crippen LogP contribution is -2.33. The quantitative estimate of drug-likeness (QED) is 0.726. The van der Waals surface area contributed by atoms with Crippen LogP contribution in [0.15, 0.2) is 46.3 Å². The maximum atomic E-state index is 12.5. The predicted molar refractivity (Wildman–Crippen MR) is 102 cm³/mol. The zero-order valence-electron chi connectivity index (χ0n) is 14.7. The molecule has 0 fully saturated rings. The number of likely N-dealkylation sites (N-methyl/N-ethyl adjacent to an activating group) is 1. The summed E-state index contributed by atoms with van der Waals surface area (Å²) in [4.78, 5) is 16.0. The molecule has 0 spiro atoms. The minimum Gasteiger partial charge on any atom is -0.355 e. The molecule has 4 rings (SSSR count). The van der Waals surface area contributed by atoms with Gasteiger partial charge in [-0.15, -0.1) is 11.3 Å². The monoisotopic (exact) mass is 367 g/mol. The fourth-order valence-corrected chi connectivity index (χ4v) is 4.20. The van der Waals surface area contributed by atoms with Crippen molar-refractivity contribution < 1.29 is 9.32 Å². The average molecular weight is 367 g/mol. The van der Waals surface area contributed by atoms with E-state index >= 15 is 0 Å². The van der Waals surface area contributed by atoms with Gasteiger partial charge in [-0.25, -0.2) is 0 Å². The molecule has 3 aromatic rings. The Morgan fingerprint density at radius 1 is 1.27 bits per heavy atom. The zero-order valence-corrected chi connectivity index (χ0v) is 15.5. The SMILES string of the molecule is CN(CCNC(=O)c1noc2c1CCc1sccc1-2)Cc1ccccc1. The molecule has 26 heavy (non-hydrogen) atoms. The number of amides is 1. The molecule has 0 atom stereocenters. The molecule has 5 nitrogen and oxygen atoms in total. The van der Waals surface area contributed by atoms with E-state index in [-0.39, 0.29) is 5.91 Å². The molecule has 0 aliphatic heterocycles. The van der Waals surface area contributed by atoms with Gasteiger partial charge in [-0.2, -0.15) is 0 Å². The van der Waals surface area contributed by atoms with Crippen LogP contribution in [0.5, 0.6) is 0 Å². The Hall–Kier alpha value is -2.44. The van der Waals surface area contributed by atoms with Gasteiger partial charge in [0.2, 0.25) is 0 Å². The van der Waals surface area contributed by atoms with Crippen LogP contribution >= 0.6 is 11.3 Å². The second-order valence-electron chi connectivity index (χ2n) is 6.58. The number of nitrogens with zero attached hydrogens (tertiary/aromatic N) is 2. The number of aryl methyl sites for hydroxylation is 1. The highest BCUT2D eigenvalue weighted by Crippen LogP contribution is 2.37. The minimum atomic E-state index is -0.151. The Kier molecular flexibility index (Phi) is 4.86. The van der Waals surface area contributed by atoms with Crippen LogP contribution in [-0.4, -0.2) is 36.1 Å². The van der Waals surface area contributed by atoms with Crippen LogP contribution in [0.4, 0.5) is 0 Å². The van der Waals surface area contributed by atoms with E-state index in [9.17, 15) is 4.79 Å². The number of nitrogens with one attached hydrogen (secondary N) is 1. The lowest BCUT2D eigenvalue weighted by Gasteiger charge is -2.17. The normalized spacial score (nSPS) is 12.7. The largest absolute Gasteiger partial charge is 0.355 e. The third-order valence-corrected chi connectivity index (χ3v) is 5.65. The van der Waals surface area contributed by atoms with E-state index in [1.807, 2.05) is 24.3 Å². The molecule has 0 bridgehead atoms. The van der Waals surface area contributed by atoms with E-state index in [0.717, 1.165) is 42.8 Å². The molecule has 1 aliphatic carbocycles. The highest BCUT2D eigenvalue weighted by molar-refractivity contribution is 7.10. The van der Waals surface area contributed by atoms with Gasteiger partial charge in [-0.1, -0.05) is 35.5 Å². The molecule has 6 heteroatoms. The molecule has 0 saturated carbocycles. The van der Waals surface area contributed by atoms with Crippen molar-refractivity contribution >= 4 is 17.2 Å². The molecular formula is C20H21N3O2S. The maximum Gasteiger partial charge on any atom is 0.273 e. The highest BCUT2D eigenvalue weighted by atomic mass is 32.1. The summed E-state index contributed by atoms with van der Waals surface area (Å²) in [5.41, 5.74) is 3.72. The van der Waals surface area contributed by atoms with E-state index < -0.39 is 0 Å². The van der Waals surface area contributed by atoms with E-state index in [0.29, 0.717) is 12.2 Å². The summed E-state index contributed by atoms with van der Waals surface area (Å²) < 4.78 is 5.48. The van der Waals surface area contributed by atoms with Crippen molar-refractivity contribution in [1.82, 2.24) is 15.4 Å². The van der Waals surface area contributed by atoms with Crippen LogP contribution in [0.3, 0.4) is 0 Å². The van der Waals surface area contributed by atoms with Gasteiger partial charge in [0.25, 0.3) is 5.91 Å². The first kappa shape index (κ1) is 17.0. The number of aromatic nitrogens is 1. The fourth-order valence-electron chi connectivity index (χ4n) is 3.32. The summed E-state index contributed by atoms with van der Waals surface area (Å²) in [6.45, 7) is 2.21. The zero-order chi connectivity index (χ0) is 17.9. The van der Waals surface area contributed by atoms with Crippen LogP contribution in [0.2, 0.25) is 0 Å². The molecule has 134 valence electrons. The van der Waals surface area contributed by atoms with E-state index in [1.54, 1.807) is 11.3 Å². The second kappa shape index (κ2) is 7.43. The van der Waals surface area contributed by atoms with Gasteiger partial charge >= 0.3 is 0 Å². The van der Waals surface area contributed by atoms with Crippen LogP contribution in [0.25, 0.3) is 11.3 Å². The van der Waals surface area contributed by atoms with Gasteiger partial charge in [-0.05, 0) is 36.9 Å². The maximum absolute atomic E-state index is 12.5. The third-order valence-electron chi connectivity index (χ3n) is 4.67. The molecule has 1 amide bonds. The molecule has 0 saturated heterocycles. The van der Waals surface area contributed by atoms with Gasteiger partial charge in [-0.3, -0.25) is 4.79 Å². The number of thiophene rings is 1. The highest BCUT2D eigenvalue weighted by Gasteiger charge is 2.28. The molecular weight excluding hydrogens is 346 g/mol. The Labute approximate surface area is 156 Å². The summed E-state index contributed by atoms with van der Waals surface area (Å²) >= 11 is 1.73.